The van der Waals surface area contributed by atoms with Gasteiger partial charge < -0.3 is 25.1 Å². The van der Waals surface area contributed by atoms with Gasteiger partial charge in [0.2, 0.25) is 0 Å². The van der Waals surface area contributed by atoms with Crippen molar-refractivity contribution in [1.82, 2.24) is 20.3 Å². The van der Waals surface area contributed by atoms with E-state index in [1.807, 2.05) is 30.3 Å². The number of nitrogens with zero attached hydrogens (tertiary/aromatic N) is 2. The number of pyridine rings is 1. The van der Waals surface area contributed by atoms with Crippen molar-refractivity contribution in [3.63, 3.8) is 0 Å². The number of para-hydroxylation sites is 1. The summed E-state index contributed by atoms with van der Waals surface area (Å²) in [5.41, 5.74) is 3.66. The predicted molar refractivity (Wildman–Crippen MR) is 148 cm³/mol. The highest BCUT2D eigenvalue weighted by Crippen LogP contribution is 2.37. The zero-order valence-corrected chi connectivity index (χ0v) is 21.5. The van der Waals surface area contributed by atoms with E-state index in [0.717, 1.165) is 42.5 Å². The van der Waals surface area contributed by atoms with Crippen LogP contribution in [0.1, 0.15) is 45.9 Å². The van der Waals surface area contributed by atoms with Crippen LogP contribution in [0.25, 0.3) is 21.9 Å². The minimum atomic E-state index is -0.250. The van der Waals surface area contributed by atoms with Crippen molar-refractivity contribution in [3.05, 3.63) is 88.3 Å². The Hall–Kier alpha value is -4.65. The van der Waals surface area contributed by atoms with Gasteiger partial charge in [0, 0.05) is 41.0 Å². The first-order valence-corrected chi connectivity index (χ1v) is 12.7. The summed E-state index contributed by atoms with van der Waals surface area (Å²) in [6, 6.07) is 16.8. The molecule has 9 nitrogen and oxygen atoms in total. The van der Waals surface area contributed by atoms with Gasteiger partial charge in [-0.25, -0.2) is 4.98 Å². The third-order valence-corrected chi connectivity index (χ3v) is 7.08. The normalized spacial score (nSPS) is 13.4. The van der Waals surface area contributed by atoms with Crippen LogP contribution in [-0.4, -0.2) is 45.4 Å². The molecule has 0 aliphatic carbocycles. The van der Waals surface area contributed by atoms with Gasteiger partial charge in [0.25, 0.3) is 6.47 Å². The molecule has 1 saturated heterocycles. The van der Waals surface area contributed by atoms with Gasteiger partial charge in [0.1, 0.15) is 23.2 Å². The van der Waals surface area contributed by atoms with Crippen molar-refractivity contribution in [3.8, 4) is 17.6 Å². The summed E-state index contributed by atoms with van der Waals surface area (Å²) in [5, 5.41) is 21.9. The number of nitrogens with one attached hydrogen (secondary N) is 3. The Morgan fingerprint density at radius 1 is 1.13 bits per heavy atom. The second-order valence-electron chi connectivity index (χ2n) is 9.01. The molecule has 2 aromatic carbocycles. The maximum atomic E-state index is 13.7. The van der Waals surface area contributed by atoms with E-state index in [9.17, 15) is 10.1 Å². The number of hydrogen-bond donors (Lipinski definition) is 4. The van der Waals surface area contributed by atoms with Crippen molar-refractivity contribution in [2.24, 2.45) is 0 Å². The van der Waals surface area contributed by atoms with Gasteiger partial charge in [-0.1, -0.05) is 29.8 Å². The van der Waals surface area contributed by atoms with Gasteiger partial charge in [-0.05, 0) is 50.2 Å². The molecule has 0 spiro atoms. The Balaban J connectivity index is 0.000000983. The number of carboxylic acid groups (broad SMARTS) is 1. The molecule has 1 aliphatic rings. The van der Waals surface area contributed by atoms with E-state index in [2.05, 4.69) is 26.3 Å². The molecule has 4 N–H and O–H groups in total. The van der Waals surface area contributed by atoms with Crippen LogP contribution in [-0.2, 0) is 4.79 Å². The summed E-state index contributed by atoms with van der Waals surface area (Å²) < 4.78 is 5.85. The number of piperidine rings is 1. The van der Waals surface area contributed by atoms with Gasteiger partial charge in [0.15, 0.2) is 5.78 Å². The minimum absolute atomic E-state index is 0.233. The van der Waals surface area contributed by atoms with Gasteiger partial charge in [0.05, 0.1) is 27.1 Å². The molecule has 0 radical (unpaired) electrons. The first-order chi connectivity index (χ1) is 19.0. The fraction of sp³-hybridized carbons (Fsp3) is 0.172. The maximum absolute atomic E-state index is 13.7. The lowest BCUT2D eigenvalue weighted by Crippen LogP contribution is -2.27. The lowest BCUT2D eigenvalue weighted by atomic mass is 9.92. The van der Waals surface area contributed by atoms with E-state index < -0.39 is 0 Å². The number of hydrogen-bond acceptors (Lipinski definition) is 6. The van der Waals surface area contributed by atoms with Gasteiger partial charge >= 0.3 is 0 Å². The number of nitriles is 1. The Labute approximate surface area is 228 Å². The number of carbonyl (C=O) groups is 2. The smallest absolute Gasteiger partial charge is 0.290 e. The number of rotatable bonds is 5. The van der Waals surface area contributed by atoms with E-state index in [-0.39, 0.29) is 18.2 Å². The lowest BCUT2D eigenvalue weighted by molar-refractivity contribution is -0.122. The average Bonchev–Trinajstić information content (AvgIpc) is 3.56. The third-order valence-electron chi connectivity index (χ3n) is 6.77. The van der Waals surface area contributed by atoms with Crippen LogP contribution in [0.4, 0.5) is 0 Å². The summed E-state index contributed by atoms with van der Waals surface area (Å²) in [7, 11) is 0. The summed E-state index contributed by atoms with van der Waals surface area (Å²) in [6.45, 7) is 1.57. The average molecular weight is 542 g/mol. The molecule has 6 rings (SSSR count). The molecule has 0 saturated carbocycles. The van der Waals surface area contributed by atoms with E-state index in [1.165, 1.54) is 0 Å². The standard InChI is InChI=1S/C28H22ClN5O2.CH2O2/c29-23-12-18(36-17-4-2-1-3-5-17)6-7-19(23)27(35)22-15-33-28-24(22)26-21(14-32-28)20(13-30)25(34-26)16-8-10-31-11-9-16;2-1-3/h1-7,12,14-16,31,34H,8-11H2,(H,32,33);1H,(H,2,3). The number of H-pyrrole nitrogens is 2. The number of ketones is 1. The molecule has 0 atom stereocenters. The SMILES string of the molecule is N#Cc1c(C2CCNCC2)[nH]c2c1cnc1[nH]cc(C(=O)c3ccc(Oc4ccccc4)cc3Cl)c12.O=CO. The van der Waals surface area contributed by atoms with Crippen molar-refractivity contribution >= 4 is 45.8 Å². The Bertz CT molecular complexity index is 1700. The van der Waals surface area contributed by atoms with Gasteiger partial charge in [-0.2, -0.15) is 5.26 Å². The molecule has 10 heteroatoms. The highest BCUT2D eigenvalue weighted by molar-refractivity contribution is 6.36. The number of carbonyl (C=O) groups excluding carboxylic acids is 1. The van der Waals surface area contributed by atoms with E-state index in [4.69, 9.17) is 26.2 Å². The van der Waals surface area contributed by atoms with Crippen LogP contribution >= 0.6 is 11.6 Å². The zero-order valence-electron chi connectivity index (χ0n) is 20.7. The maximum Gasteiger partial charge on any atom is 0.290 e. The van der Waals surface area contributed by atoms with Crippen LogP contribution in [0, 0.1) is 11.3 Å². The predicted octanol–water partition coefficient (Wildman–Crippen LogP) is 5.76. The summed E-state index contributed by atoms with van der Waals surface area (Å²) in [4.78, 5) is 33.1. The van der Waals surface area contributed by atoms with Crippen LogP contribution < -0.4 is 10.1 Å². The topological polar surface area (TPSA) is 144 Å². The summed E-state index contributed by atoms with van der Waals surface area (Å²) in [6.07, 6.45) is 5.25. The molecule has 5 aromatic rings. The molecule has 1 aliphatic heterocycles. The Kier molecular flexibility index (Phi) is 7.59. The highest BCUT2D eigenvalue weighted by atomic mass is 35.5. The van der Waals surface area contributed by atoms with Crippen molar-refractivity contribution in [1.29, 1.82) is 5.26 Å². The molecule has 0 unspecified atom stereocenters. The number of ether oxygens (including phenoxy) is 1. The Morgan fingerprint density at radius 3 is 2.56 bits per heavy atom. The number of halogens is 1. The van der Waals surface area contributed by atoms with Crippen molar-refractivity contribution < 1.29 is 19.4 Å². The first-order valence-electron chi connectivity index (χ1n) is 12.3. The van der Waals surface area contributed by atoms with E-state index in [1.54, 1.807) is 30.6 Å². The molecular formula is C29H24ClN5O4. The fourth-order valence-electron chi connectivity index (χ4n) is 4.99. The molecule has 0 amide bonds. The van der Waals surface area contributed by atoms with Gasteiger partial charge in [-0.3, -0.25) is 9.59 Å². The van der Waals surface area contributed by atoms with Crippen LogP contribution in [0.3, 0.4) is 0 Å². The second-order valence-corrected chi connectivity index (χ2v) is 9.42. The molecule has 0 bridgehead atoms. The molecule has 4 heterocycles. The molecule has 1 fully saturated rings. The quantitative estimate of drug-likeness (QED) is 0.163. The molecule has 196 valence electrons. The molecule has 39 heavy (non-hydrogen) atoms. The molecule has 3 aromatic heterocycles. The number of fused-ring (bicyclic) bond motifs is 3. The van der Waals surface area contributed by atoms with Crippen LogP contribution in [0.2, 0.25) is 5.02 Å². The zero-order chi connectivity index (χ0) is 27.4. The van der Waals surface area contributed by atoms with Gasteiger partial charge in [-0.15, -0.1) is 0 Å². The first kappa shape index (κ1) is 26.0. The van der Waals surface area contributed by atoms with Crippen LogP contribution in [0.5, 0.6) is 11.5 Å². The third kappa shape index (κ3) is 5.08. The van der Waals surface area contributed by atoms with Crippen molar-refractivity contribution in [2.75, 3.05) is 13.1 Å². The summed E-state index contributed by atoms with van der Waals surface area (Å²) in [5.74, 6) is 1.25. The van der Waals surface area contributed by atoms with Crippen molar-refractivity contribution in [2.45, 2.75) is 18.8 Å². The number of aromatic amines is 2. The highest BCUT2D eigenvalue weighted by Gasteiger charge is 2.26. The second kappa shape index (κ2) is 11.4. The monoisotopic (exact) mass is 541 g/mol. The van der Waals surface area contributed by atoms with E-state index in [0.29, 0.717) is 44.2 Å². The lowest BCUT2D eigenvalue weighted by Gasteiger charge is -2.21. The van der Waals surface area contributed by atoms with E-state index >= 15 is 0 Å². The largest absolute Gasteiger partial charge is 0.483 e. The summed E-state index contributed by atoms with van der Waals surface area (Å²) >= 11 is 6.55. The van der Waals surface area contributed by atoms with Crippen LogP contribution in [0.15, 0.2) is 60.9 Å². The fourth-order valence-corrected chi connectivity index (χ4v) is 5.24. The number of aromatic nitrogens is 3. The number of benzene rings is 2. The molecular weight excluding hydrogens is 518 g/mol. The minimum Gasteiger partial charge on any atom is -0.483 e. The Morgan fingerprint density at radius 2 is 1.87 bits per heavy atom.